The Morgan fingerprint density at radius 3 is 3.00 bits per heavy atom. The third-order valence-corrected chi connectivity index (χ3v) is 3.18. The molecule has 1 heterocycles. The molecular formula is C11H12BrNO3. The van der Waals surface area contributed by atoms with E-state index in [-0.39, 0.29) is 6.09 Å². The summed E-state index contributed by atoms with van der Waals surface area (Å²) in [4.78, 5) is 13.0. The van der Waals surface area contributed by atoms with Gasteiger partial charge < -0.3 is 9.47 Å². The largest absolute Gasteiger partial charge is 0.447 e. The molecule has 16 heavy (non-hydrogen) atoms. The van der Waals surface area contributed by atoms with Gasteiger partial charge in [-0.1, -0.05) is 15.9 Å². The van der Waals surface area contributed by atoms with Gasteiger partial charge in [0.05, 0.1) is 13.2 Å². The summed E-state index contributed by atoms with van der Waals surface area (Å²) in [6.45, 7) is 1.57. The molecule has 1 fully saturated rings. The molecule has 4 nitrogen and oxygen atoms in total. The van der Waals surface area contributed by atoms with E-state index < -0.39 is 0 Å². The van der Waals surface area contributed by atoms with E-state index >= 15 is 0 Å². The molecule has 2 rings (SSSR count). The van der Waals surface area contributed by atoms with E-state index in [0.717, 1.165) is 15.7 Å². The molecule has 0 aliphatic carbocycles. The number of carbonyl (C=O) groups excluding carboxylic acids is 1. The summed E-state index contributed by atoms with van der Waals surface area (Å²) < 4.78 is 11.0. The molecule has 86 valence electrons. The van der Waals surface area contributed by atoms with Crippen molar-refractivity contribution in [1.82, 2.24) is 0 Å². The van der Waals surface area contributed by atoms with Crippen molar-refractivity contribution in [3.8, 4) is 0 Å². The van der Waals surface area contributed by atoms with Crippen molar-refractivity contribution in [2.75, 3.05) is 25.2 Å². The van der Waals surface area contributed by atoms with E-state index in [1.54, 1.807) is 12.0 Å². The predicted molar refractivity (Wildman–Crippen MR) is 63.5 cm³/mol. The average Bonchev–Trinajstić information content (AvgIpc) is 2.68. The van der Waals surface area contributed by atoms with Gasteiger partial charge in [-0.3, -0.25) is 4.90 Å². The molecular weight excluding hydrogens is 274 g/mol. The van der Waals surface area contributed by atoms with Crippen molar-refractivity contribution in [3.63, 3.8) is 0 Å². The monoisotopic (exact) mass is 285 g/mol. The molecule has 1 saturated heterocycles. The van der Waals surface area contributed by atoms with Gasteiger partial charge in [-0.25, -0.2) is 4.79 Å². The van der Waals surface area contributed by atoms with Crippen molar-refractivity contribution >= 4 is 27.7 Å². The fourth-order valence-corrected chi connectivity index (χ4v) is 1.98. The number of benzene rings is 1. The highest BCUT2D eigenvalue weighted by molar-refractivity contribution is 9.10. The lowest BCUT2D eigenvalue weighted by molar-refractivity contribution is 0.181. The van der Waals surface area contributed by atoms with Gasteiger partial charge in [0.25, 0.3) is 0 Å². The number of ether oxygens (including phenoxy) is 2. The Morgan fingerprint density at radius 2 is 2.38 bits per heavy atom. The quantitative estimate of drug-likeness (QED) is 0.857. The maximum absolute atomic E-state index is 11.4. The van der Waals surface area contributed by atoms with E-state index in [1.807, 2.05) is 18.2 Å². The number of hydrogen-bond acceptors (Lipinski definition) is 3. The predicted octanol–water partition coefficient (Wildman–Crippen LogP) is 2.55. The highest BCUT2D eigenvalue weighted by Gasteiger charge is 2.23. The minimum Gasteiger partial charge on any atom is -0.447 e. The highest BCUT2D eigenvalue weighted by Crippen LogP contribution is 2.26. The fourth-order valence-electron chi connectivity index (χ4n) is 1.62. The minimum atomic E-state index is -0.286. The van der Waals surface area contributed by atoms with Crippen LogP contribution >= 0.6 is 15.9 Å². The standard InChI is InChI=1S/C11H12BrNO3/c1-15-7-8-6-9(2-3-10(8)12)13-4-5-16-11(13)14/h2-3,6H,4-5,7H2,1H3. The van der Waals surface area contributed by atoms with Gasteiger partial charge in [-0.15, -0.1) is 0 Å². The third kappa shape index (κ3) is 2.20. The molecule has 0 saturated carbocycles. The minimum absolute atomic E-state index is 0.286. The average molecular weight is 286 g/mol. The lowest BCUT2D eigenvalue weighted by atomic mass is 10.2. The first-order valence-corrected chi connectivity index (χ1v) is 5.73. The van der Waals surface area contributed by atoms with E-state index in [4.69, 9.17) is 9.47 Å². The number of hydrogen-bond donors (Lipinski definition) is 0. The van der Waals surface area contributed by atoms with Crippen LogP contribution in [-0.2, 0) is 16.1 Å². The van der Waals surface area contributed by atoms with E-state index in [0.29, 0.717) is 19.8 Å². The van der Waals surface area contributed by atoms with E-state index in [2.05, 4.69) is 15.9 Å². The molecule has 1 aromatic carbocycles. The molecule has 5 heteroatoms. The summed E-state index contributed by atoms with van der Waals surface area (Å²) in [7, 11) is 1.64. The number of anilines is 1. The summed E-state index contributed by atoms with van der Waals surface area (Å²) >= 11 is 3.44. The van der Waals surface area contributed by atoms with Gasteiger partial charge in [-0.05, 0) is 23.8 Å². The highest BCUT2D eigenvalue weighted by atomic mass is 79.9. The topological polar surface area (TPSA) is 38.8 Å². The van der Waals surface area contributed by atoms with Crippen molar-refractivity contribution < 1.29 is 14.3 Å². The Balaban J connectivity index is 2.27. The molecule has 1 aromatic rings. The number of amides is 1. The zero-order valence-corrected chi connectivity index (χ0v) is 10.5. The van der Waals surface area contributed by atoms with E-state index in [1.165, 1.54) is 0 Å². The second-order valence-corrected chi connectivity index (χ2v) is 4.33. The molecule has 0 radical (unpaired) electrons. The Morgan fingerprint density at radius 1 is 1.56 bits per heavy atom. The van der Waals surface area contributed by atoms with Crippen molar-refractivity contribution in [3.05, 3.63) is 28.2 Å². The van der Waals surface area contributed by atoms with Crippen LogP contribution in [0.3, 0.4) is 0 Å². The summed E-state index contributed by atoms with van der Waals surface area (Å²) in [5, 5.41) is 0. The zero-order valence-electron chi connectivity index (χ0n) is 8.90. The second-order valence-electron chi connectivity index (χ2n) is 3.47. The summed E-state index contributed by atoms with van der Waals surface area (Å²) in [6.07, 6.45) is -0.286. The van der Waals surface area contributed by atoms with Crippen molar-refractivity contribution in [1.29, 1.82) is 0 Å². The van der Waals surface area contributed by atoms with Crippen LogP contribution in [0.15, 0.2) is 22.7 Å². The molecule has 0 N–H and O–H groups in total. The molecule has 0 atom stereocenters. The van der Waals surface area contributed by atoms with Crippen LogP contribution in [0.1, 0.15) is 5.56 Å². The van der Waals surface area contributed by atoms with Crippen LogP contribution < -0.4 is 4.90 Å². The number of methoxy groups -OCH3 is 1. The molecule has 0 aromatic heterocycles. The molecule has 0 spiro atoms. The Bertz CT molecular complexity index is 408. The Labute approximate surface area is 102 Å². The number of nitrogens with zero attached hydrogens (tertiary/aromatic N) is 1. The summed E-state index contributed by atoms with van der Waals surface area (Å²) in [6, 6.07) is 5.73. The maximum atomic E-state index is 11.4. The van der Waals surface area contributed by atoms with Crippen LogP contribution in [0.5, 0.6) is 0 Å². The molecule has 0 unspecified atom stereocenters. The number of rotatable bonds is 3. The van der Waals surface area contributed by atoms with Crippen LogP contribution in [-0.4, -0.2) is 26.4 Å². The molecule has 1 aliphatic heterocycles. The fraction of sp³-hybridized carbons (Fsp3) is 0.364. The van der Waals surface area contributed by atoms with Gasteiger partial charge >= 0.3 is 6.09 Å². The normalized spacial score (nSPS) is 15.4. The van der Waals surface area contributed by atoms with Crippen LogP contribution in [0.4, 0.5) is 10.5 Å². The number of carbonyl (C=O) groups is 1. The lowest BCUT2D eigenvalue weighted by Gasteiger charge is -2.14. The molecule has 0 bridgehead atoms. The van der Waals surface area contributed by atoms with Gasteiger partial charge in [0.2, 0.25) is 0 Å². The SMILES string of the molecule is COCc1cc(N2CCOC2=O)ccc1Br. The van der Waals surface area contributed by atoms with Crippen molar-refractivity contribution in [2.24, 2.45) is 0 Å². The molecule has 1 aliphatic rings. The Hall–Kier alpha value is -1.07. The lowest BCUT2D eigenvalue weighted by Crippen LogP contribution is -2.23. The smallest absolute Gasteiger partial charge is 0.414 e. The van der Waals surface area contributed by atoms with Crippen LogP contribution in [0.25, 0.3) is 0 Å². The molecule has 1 amide bonds. The number of halogens is 1. The van der Waals surface area contributed by atoms with Gasteiger partial charge in [-0.2, -0.15) is 0 Å². The van der Waals surface area contributed by atoms with Gasteiger partial charge in [0.15, 0.2) is 0 Å². The van der Waals surface area contributed by atoms with Gasteiger partial charge in [0, 0.05) is 17.3 Å². The van der Waals surface area contributed by atoms with Crippen LogP contribution in [0.2, 0.25) is 0 Å². The summed E-state index contributed by atoms with van der Waals surface area (Å²) in [5.74, 6) is 0. The first-order valence-electron chi connectivity index (χ1n) is 4.94. The first-order chi connectivity index (χ1) is 7.72. The van der Waals surface area contributed by atoms with E-state index in [9.17, 15) is 4.79 Å². The van der Waals surface area contributed by atoms with Crippen molar-refractivity contribution in [2.45, 2.75) is 6.61 Å². The zero-order chi connectivity index (χ0) is 11.5. The first kappa shape index (κ1) is 11.4. The van der Waals surface area contributed by atoms with Crippen LogP contribution in [0, 0.1) is 0 Å². The third-order valence-electron chi connectivity index (χ3n) is 2.40. The van der Waals surface area contributed by atoms with Gasteiger partial charge in [0.1, 0.15) is 6.61 Å². The second kappa shape index (κ2) is 4.84. The Kier molecular flexibility index (Phi) is 3.46. The number of cyclic esters (lactones) is 1. The summed E-state index contributed by atoms with van der Waals surface area (Å²) in [5.41, 5.74) is 1.86. The maximum Gasteiger partial charge on any atom is 0.414 e.